The van der Waals surface area contributed by atoms with Crippen LogP contribution in [-0.2, 0) is 0 Å². The van der Waals surface area contributed by atoms with Crippen molar-refractivity contribution in [3.05, 3.63) is 27.7 Å². The molecule has 1 aromatic carbocycles. The molecule has 1 heterocycles. The lowest BCUT2D eigenvalue weighted by Gasteiger charge is -2.43. The average Bonchev–Trinajstić information content (AvgIpc) is 2.45. The molecule has 2 fully saturated rings. The summed E-state index contributed by atoms with van der Waals surface area (Å²) >= 11 is 3.59. The lowest BCUT2D eigenvalue weighted by molar-refractivity contribution is 0.0814. The molecule has 5 heteroatoms. The van der Waals surface area contributed by atoms with Gasteiger partial charge in [0.2, 0.25) is 0 Å². The van der Waals surface area contributed by atoms with Gasteiger partial charge in [-0.2, -0.15) is 5.26 Å². The summed E-state index contributed by atoms with van der Waals surface area (Å²) in [5, 5.41) is 23.1. The molecule has 1 saturated carbocycles. The Balaban J connectivity index is 2.01. The lowest BCUT2D eigenvalue weighted by Crippen LogP contribution is -2.48. The maximum Gasteiger partial charge on any atom is 0.139 e. The van der Waals surface area contributed by atoms with E-state index in [1.54, 1.807) is 6.07 Å². The normalized spacial score (nSPS) is 21.5. The Morgan fingerprint density at radius 1 is 1.33 bits per heavy atom. The van der Waals surface area contributed by atoms with Crippen LogP contribution in [0.5, 0.6) is 5.75 Å². The number of rotatable bonds is 3. The second-order valence-electron chi connectivity index (χ2n) is 5.89. The van der Waals surface area contributed by atoms with Gasteiger partial charge in [-0.15, -0.1) is 0 Å². The number of benzene rings is 1. The number of aromatic hydroxyl groups is 1. The van der Waals surface area contributed by atoms with Gasteiger partial charge in [0.05, 0.1) is 5.56 Å². The molecule has 21 heavy (non-hydrogen) atoms. The Labute approximate surface area is 133 Å². The van der Waals surface area contributed by atoms with E-state index in [4.69, 9.17) is 0 Å². The Morgan fingerprint density at radius 2 is 2.05 bits per heavy atom. The summed E-state index contributed by atoms with van der Waals surface area (Å²) in [7, 11) is 0. The molecule has 1 aliphatic carbocycles. The van der Waals surface area contributed by atoms with Crippen molar-refractivity contribution in [3.8, 4) is 11.8 Å². The number of hydrogen-bond donors (Lipinski definition) is 2. The molecule has 0 unspecified atom stereocenters. The zero-order valence-corrected chi connectivity index (χ0v) is 13.6. The highest BCUT2D eigenvalue weighted by atomic mass is 79.9. The molecule has 0 bridgehead atoms. The van der Waals surface area contributed by atoms with Gasteiger partial charge in [-0.3, -0.25) is 4.90 Å². The summed E-state index contributed by atoms with van der Waals surface area (Å²) in [4.78, 5) is 2.46. The van der Waals surface area contributed by atoms with Gasteiger partial charge in [-0.25, -0.2) is 0 Å². The minimum Gasteiger partial charge on any atom is -0.506 e. The summed E-state index contributed by atoms with van der Waals surface area (Å²) in [6.07, 6.45) is 3.68. The molecule has 1 aliphatic heterocycles. The van der Waals surface area contributed by atoms with E-state index in [1.807, 2.05) is 6.07 Å². The van der Waals surface area contributed by atoms with Gasteiger partial charge in [0, 0.05) is 42.3 Å². The van der Waals surface area contributed by atoms with E-state index in [9.17, 15) is 10.4 Å². The van der Waals surface area contributed by atoms with Crippen LogP contribution in [0.2, 0.25) is 0 Å². The summed E-state index contributed by atoms with van der Waals surface area (Å²) in [5.41, 5.74) is 1.27. The molecule has 4 nitrogen and oxygen atoms in total. The summed E-state index contributed by atoms with van der Waals surface area (Å²) in [6.45, 7) is 3.95. The fourth-order valence-corrected chi connectivity index (χ4v) is 3.94. The van der Waals surface area contributed by atoms with Gasteiger partial charge in [0.1, 0.15) is 11.8 Å². The first-order valence-electron chi connectivity index (χ1n) is 7.58. The number of hydrogen-bond acceptors (Lipinski definition) is 4. The van der Waals surface area contributed by atoms with Crippen LogP contribution in [0, 0.1) is 17.2 Å². The average molecular weight is 350 g/mol. The third-order valence-corrected chi connectivity index (χ3v) is 5.41. The first kappa shape index (κ1) is 14.8. The van der Waals surface area contributed by atoms with E-state index in [0.29, 0.717) is 11.5 Å². The molecule has 1 atom stereocenters. The molecule has 0 spiro atoms. The van der Waals surface area contributed by atoms with Crippen LogP contribution in [-0.4, -0.2) is 36.2 Å². The van der Waals surface area contributed by atoms with Crippen LogP contribution in [0.1, 0.15) is 36.4 Å². The van der Waals surface area contributed by atoms with Crippen molar-refractivity contribution < 1.29 is 5.11 Å². The van der Waals surface area contributed by atoms with Crippen LogP contribution in [0.15, 0.2) is 16.6 Å². The fourth-order valence-electron chi connectivity index (χ4n) is 3.39. The van der Waals surface area contributed by atoms with Crippen LogP contribution in [0.25, 0.3) is 0 Å². The monoisotopic (exact) mass is 349 g/mol. The molecule has 0 radical (unpaired) electrons. The van der Waals surface area contributed by atoms with Crippen molar-refractivity contribution in [2.24, 2.45) is 5.92 Å². The number of phenolic OH excluding ortho intramolecular Hbond substituents is 1. The number of nitriles is 1. The number of nitrogens with zero attached hydrogens (tertiary/aromatic N) is 2. The number of piperazine rings is 1. The van der Waals surface area contributed by atoms with Gasteiger partial charge >= 0.3 is 0 Å². The van der Waals surface area contributed by atoms with Crippen molar-refractivity contribution in [1.82, 2.24) is 10.2 Å². The third kappa shape index (κ3) is 2.80. The summed E-state index contributed by atoms with van der Waals surface area (Å²) in [5.74, 6) is 0.738. The third-order valence-electron chi connectivity index (χ3n) is 4.72. The highest BCUT2D eigenvalue weighted by Crippen LogP contribution is 2.47. The molecule has 2 N–H and O–H groups in total. The Hall–Kier alpha value is -1.09. The molecular formula is C16H20BrN3O. The zero-order chi connectivity index (χ0) is 14.8. The SMILES string of the molecule is N#Cc1ccc(Br)c([C@@H](C2CCC2)N2CCNCC2)c1O. The first-order chi connectivity index (χ1) is 10.2. The van der Waals surface area contributed by atoms with E-state index >= 15 is 0 Å². The van der Waals surface area contributed by atoms with Crippen molar-refractivity contribution >= 4 is 15.9 Å². The minimum absolute atomic E-state index is 0.155. The standard InChI is InChI=1S/C16H20BrN3O/c17-13-5-4-12(10-18)16(21)14(13)15(11-2-1-3-11)20-8-6-19-7-9-20/h4-5,11,15,19,21H,1-3,6-9H2/t15-/m1/s1. The number of nitrogens with one attached hydrogen (secondary N) is 1. The molecule has 112 valence electrons. The van der Waals surface area contributed by atoms with Gasteiger partial charge in [-0.05, 0) is 30.9 Å². The smallest absolute Gasteiger partial charge is 0.139 e. The molecule has 3 rings (SSSR count). The molecular weight excluding hydrogens is 330 g/mol. The van der Waals surface area contributed by atoms with Crippen LogP contribution in [0.3, 0.4) is 0 Å². The maximum absolute atomic E-state index is 10.5. The predicted octanol–water partition coefficient (Wildman–Crippen LogP) is 2.77. The van der Waals surface area contributed by atoms with Gasteiger partial charge in [-0.1, -0.05) is 22.4 Å². The zero-order valence-electron chi connectivity index (χ0n) is 12.0. The molecule has 1 saturated heterocycles. The predicted molar refractivity (Wildman–Crippen MR) is 85.0 cm³/mol. The van der Waals surface area contributed by atoms with Gasteiger partial charge in [0.15, 0.2) is 0 Å². The van der Waals surface area contributed by atoms with Crippen molar-refractivity contribution in [1.29, 1.82) is 5.26 Å². The van der Waals surface area contributed by atoms with E-state index in [-0.39, 0.29) is 11.8 Å². The van der Waals surface area contributed by atoms with Crippen LogP contribution in [0.4, 0.5) is 0 Å². The van der Waals surface area contributed by atoms with Gasteiger partial charge in [0.25, 0.3) is 0 Å². The number of halogens is 1. The van der Waals surface area contributed by atoms with Crippen molar-refractivity contribution in [3.63, 3.8) is 0 Å². The van der Waals surface area contributed by atoms with E-state index in [0.717, 1.165) is 36.2 Å². The Morgan fingerprint density at radius 3 is 2.62 bits per heavy atom. The van der Waals surface area contributed by atoms with E-state index in [1.165, 1.54) is 19.3 Å². The van der Waals surface area contributed by atoms with E-state index < -0.39 is 0 Å². The minimum atomic E-state index is 0.155. The van der Waals surface area contributed by atoms with Crippen molar-refractivity contribution in [2.45, 2.75) is 25.3 Å². The Kier molecular flexibility index (Phi) is 4.48. The van der Waals surface area contributed by atoms with Crippen LogP contribution >= 0.6 is 15.9 Å². The fraction of sp³-hybridized carbons (Fsp3) is 0.562. The second-order valence-corrected chi connectivity index (χ2v) is 6.75. The largest absolute Gasteiger partial charge is 0.506 e. The van der Waals surface area contributed by atoms with Crippen LogP contribution < -0.4 is 5.32 Å². The highest BCUT2D eigenvalue weighted by molar-refractivity contribution is 9.10. The molecule has 0 aromatic heterocycles. The quantitative estimate of drug-likeness (QED) is 0.880. The molecule has 0 amide bonds. The Bertz CT molecular complexity index is 559. The van der Waals surface area contributed by atoms with Gasteiger partial charge < -0.3 is 10.4 Å². The van der Waals surface area contributed by atoms with E-state index in [2.05, 4.69) is 32.2 Å². The van der Waals surface area contributed by atoms with Crippen molar-refractivity contribution in [2.75, 3.05) is 26.2 Å². The first-order valence-corrected chi connectivity index (χ1v) is 8.38. The topological polar surface area (TPSA) is 59.3 Å². The summed E-state index contributed by atoms with van der Waals surface area (Å²) in [6, 6.07) is 5.87. The second kappa shape index (κ2) is 6.35. The maximum atomic E-state index is 10.5. The summed E-state index contributed by atoms with van der Waals surface area (Å²) < 4.78 is 0.912. The highest BCUT2D eigenvalue weighted by Gasteiger charge is 2.36. The molecule has 1 aromatic rings. The lowest BCUT2D eigenvalue weighted by atomic mass is 9.75. The number of phenols is 1. The molecule has 2 aliphatic rings.